The minimum atomic E-state index is -3.33. The molecule has 1 saturated carbocycles. The number of rotatable bonds is 8. The molecule has 1 fully saturated rings. The molecule has 0 aliphatic heterocycles. The Bertz CT molecular complexity index is 705. The summed E-state index contributed by atoms with van der Waals surface area (Å²) in [6.45, 7) is 1.95. The molecule has 0 spiro atoms. The second kappa shape index (κ2) is 8.47. The average Bonchev–Trinajstić information content (AvgIpc) is 3.13. The second-order valence-corrected chi connectivity index (χ2v) is 8.74. The van der Waals surface area contributed by atoms with Gasteiger partial charge in [0.05, 0.1) is 16.1 Å². The van der Waals surface area contributed by atoms with Gasteiger partial charge in [-0.1, -0.05) is 26.2 Å². The summed E-state index contributed by atoms with van der Waals surface area (Å²) < 4.78 is 25.0. The molecule has 0 saturated heterocycles. The van der Waals surface area contributed by atoms with Crippen molar-refractivity contribution in [3.63, 3.8) is 0 Å². The van der Waals surface area contributed by atoms with Gasteiger partial charge in [-0.3, -0.25) is 9.59 Å². The number of benzene rings is 1. The van der Waals surface area contributed by atoms with Crippen LogP contribution in [0.2, 0.25) is 0 Å². The zero-order chi connectivity index (χ0) is 18.4. The Labute approximate surface area is 148 Å². The van der Waals surface area contributed by atoms with Gasteiger partial charge in [0.1, 0.15) is 0 Å². The number of hydrogen-bond donors (Lipinski definition) is 2. The smallest absolute Gasteiger partial charge is 0.308 e. The van der Waals surface area contributed by atoms with Crippen molar-refractivity contribution in [3.8, 4) is 0 Å². The van der Waals surface area contributed by atoms with E-state index in [2.05, 4.69) is 5.32 Å². The highest BCUT2D eigenvalue weighted by Crippen LogP contribution is 2.29. The van der Waals surface area contributed by atoms with Crippen LogP contribution in [0.4, 0.5) is 0 Å². The third-order valence-corrected chi connectivity index (χ3v) is 6.96. The fourth-order valence-electron chi connectivity index (χ4n) is 3.17. The Morgan fingerprint density at radius 1 is 1.20 bits per heavy atom. The van der Waals surface area contributed by atoms with Crippen LogP contribution in [-0.4, -0.2) is 37.2 Å². The van der Waals surface area contributed by atoms with Gasteiger partial charge < -0.3 is 10.4 Å². The van der Waals surface area contributed by atoms with Crippen molar-refractivity contribution in [1.29, 1.82) is 0 Å². The van der Waals surface area contributed by atoms with E-state index in [1.54, 1.807) is 0 Å². The Balaban J connectivity index is 2.01. The molecule has 1 aliphatic carbocycles. The van der Waals surface area contributed by atoms with Crippen molar-refractivity contribution in [2.75, 3.05) is 6.54 Å². The third kappa shape index (κ3) is 4.81. The average molecular weight is 367 g/mol. The van der Waals surface area contributed by atoms with Crippen LogP contribution in [-0.2, 0) is 14.6 Å². The largest absolute Gasteiger partial charge is 0.481 e. The Hall–Kier alpha value is -1.89. The zero-order valence-corrected chi connectivity index (χ0v) is 15.2. The molecule has 0 radical (unpaired) electrons. The van der Waals surface area contributed by atoms with Crippen LogP contribution in [0.1, 0.15) is 55.8 Å². The van der Waals surface area contributed by atoms with Crippen LogP contribution in [0, 0.1) is 5.92 Å². The molecule has 25 heavy (non-hydrogen) atoms. The van der Waals surface area contributed by atoms with Crippen LogP contribution in [0.25, 0.3) is 0 Å². The highest BCUT2D eigenvalue weighted by molar-refractivity contribution is 7.92. The van der Waals surface area contributed by atoms with Gasteiger partial charge >= 0.3 is 5.97 Å². The molecule has 1 aliphatic rings. The topological polar surface area (TPSA) is 101 Å². The molecule has 1 aromatic rings. The maximum absolute atomic E-state index is 12.5. The van der Waals surface area contributed by atoms with Gasteiger partial charge in [0.2, 0.25) is 0 Å². The predicted octanol–water partition coefficient (Wildman–Crippen LogP) is 2.63. The lowest BCUT2D eigenvalue weighted by atomic mass is 10.0. The molecule has 2 rings (SSSR count). The molecular weight excluding hydrogens is 342 g/mol. The van der Waals surface area contributed by atoms with E-state index < -0.39 is 27.6 Å². The Morgan fingerprint density at radius 3 is 2.32 bits per heavy atom. The number of nitrogens with one attached hydrogen (secondary N) is 1. The van der Waals surface area contributed by atoms with Gasteiger partial charge in [0, 0.05) is 12.1 Å². The second-order valence-electron chi connectivity index (χ2n) is 6.51. The van der Waals surface area contributed by atoms with Crippen molar-refractivity contribution in [2.45, 2.75) is 55.6 Å². The maximum atomic E-state index is 12.5. The van der Waals surface area contributed by atoms with Crippen LogP contribution in [0.5, 0.6) is 0 Å². The molecule has 0 bridgehead atoms. The maximum Gasteiger partial charge on any atom is 0.308 e. The number of carboxylic acid groups (broad SMARTS) is 1. The minimum Gasteiger partial charge on any atom is -0.481 e. The SMILES string of the molecule is CCCC(CNC(=O)c1ccc(S(=O)(=O)C2CCCC2)cc1)C(=O)O. The Kier molecular flexibility index (Phi) is 6.58. The molecule has 1 atom stereocenters. The molecule has 0 heterocycles. The monoisotopic (exact) mass is 367 g/mol. The van der Waals surface area contributed by atoms with E-state index in [4.69, 9.17) is 5.11 Å². The van der Waals surface area contributed by atoms with Gasteiger partial charge in [0.15, 0.2) is 9.84 Å². The summed E-state index contributed by atoms with van der Waals surface area (Å²) in [5.41, 5.74) is 0.325. The molecule has 7 heteroatoms. The van der Waals surface area contributed by atoms with Crippen molar-refractivity contribution in [2.24, 2.45) is 5.92 Å². The molecule has 1 amide bonds. The van der Waals surface area contributed by atoms with E-state index in [-0.39, 0.29) is 16.7 Å². The number of carboxylic acids is 1. The Morgan fingerprint density at radius 2 is 1.80 bits per heavy atom. The highest BCUT2D eigenvalue weighted by Gasteiger charge is 2.30. The normalized spacial score (nSPS) is 16.5. The lowest BCUT2D eigenvalue weighted by molar-refractivity contribution is -0.141. The van der Waals surface area contributed by atoms with Crippen molar-refractivity contribution in [1.82, 2.24) is 5.32 Å². The summed E-state index contributed by atoms with van der Waals surface area (Å²) in [6.07, 6.45) is 4.48. The standard InChI is InChI=1S/C18H25NO5S/c1-2-5-14(18(21)22)12-19-17(20)13-8-10-16(11-9-13)25(23,24)15-6-3-4-7-15/h8-11,14-15H,2-7,12H2,1H3,(H,19,20)(H,21,22). The third-order valence-electron chi connectivity index (χ3n) is 4.68. The van der Waals surface area contributed by atoms with Crippen molar-refractivity contribution < 1.29 is 23.1 Å². The summed E-state index contributed by atoms with van der Waals surface area (Å²) >= 11 is 0. The summed E-state index contributed by atoms with van der Waals surface area (Å²) in [6, 6.07) is 5.88. The van der Waals surface area contributed by atoms with Gasteiger partial charge in [-0.05, 0) is 43.5 Å². The van der Waals surface area contributed by atoms with E-state index >= 15 is 0 Å². The quantitative estimate of drug-likeness (QED) is 0.736. The molecular formula is C18H25NO5S. The first kappa shape index (κ1) is 19.4. The van der Waals surface area contributed by atoms with Crippen molar-refractivity contribution in [3.05, 3.63) is 29.8 Å². The highest BCUT2D eigenvalue weighted by atomic mass is 32.2. The van der Waals surface area contributed by atoms with Crippen molar-refractivity contribution >= 4 is 21.7 Å². The van der Waals surface area contributed by atoms with E-state index in [0.717, 1.165) is 19.3 Å². The number of carbonyl (C=O) groups is 2. The van der Waals surface area contributed by atoms with Crippen LogP contribution >= 0.6 is 0 Å². The molecule has 1 unspecified atom stereocenters. The minimum absolute atomic E-state index is 0.0597. The zero-order valence-electron chi connectivity index (χ0n) is 14.4. The van der Waals surface area contributed by atoms with Crippen LogP contribution in [0.3, 0.4) is 0 Å². The molecule has 138 valence electrons. The number of hydrogen-bond acceptors (Lipinski definition) is 4. The van der Waals surface area contributed by atoms with E-state index in [0.29, 0.717) is 24.8 Å². The number of amides is 1. The van der Waals surface area contributed by atoms with E-state index in [1.165, 1.54) is 24.3 Å². The number of carbonyl (C=O) groups excluding carboxylic acids is 1. The molecule has 6 nitrogen and oxygen atoms in total. The van der Waals surface area contributed by atoms with Crippen LogP contribution in [0.15, 0.2) is 29.2 Å². The van der Waals surface area contributed by atoms with Gasteiger partial charge in [-0.25, -0.2) is 8.42 Å². The lowest BCUT2D eigenvalue weighted by Gasteiger charge is -2.13. The van der Waals surface area contributed by atoms with Crippen LogP contribution < -0.4 is 5.32 Å². The van der Waals surface area contributed by atoms with E-state index in [9.17, 15) is 18.0 Å². The molecule has 0 aromatic heterocycles. The lowest BCUT2D eigenvalue weighted by Crippen LogP contribution is -2.32. The fourth-order valence-corrected chi connectivity index (χ4v) is 5.02. The number of sulfone groups is 1. The summed E-state index contributed by atoms with van der Waals surface area (Å²) in [4.78, 5) is 23.5. The van der Waals surface area contributed by atoms with Gasteiger partial charge in [-0.2, -0.15) is 0 Å². The van der Waals surface area contributed by atoms with Gasteiger partial charge in [0.25, 0.3) is 5.91 Å². The fraction of sp³-hybridized carbons (Fsp3) is 0.556. The predicted molar refractivity (Wildman–Crippen MR) is 94.3 cm³/mol. The summed E-state index contributed by atoms with van der Waals surface area (Å²) in [5.74, 6) is -1.94. The van der Waals surface area contributed by atoms with E-state index in [1.807, 2.05) is 6.92 Å². The first-order chi connectivity index (χ1) is 11.9. The summed E-state index contributed by atoms with van der Waals surface area (Å²) in [5, 5.41) is 11.4. The van der Waals surface area contributed by atoms with Gasteiger partial charge in [-0.15, -0.1) is 0 Å². The summed E-state index contributed by atoms with van der Waals surface area (Å²) in [7, 11) is -3.33. The molecule has 2 N–H and O–H groups in total. The first-order valence-corrected chi connectivity index (χ1v) is 10.3. The molecule has 1 aromatic carbocycles. The number of aliphatic carboxylic acids is 1. The first-order valence-electron chi connectivity index (χ1n) is 8.71.